The van der Waals surface area contributed by atoms with E-state index in [4.69, 9.17) is 11.5 Å². The molecule has 0 aliphatic heterocycles. The third-order valence-corrected chi connectivity index (χ3v) is 7.50. The number of halogens is 1. The molecule has 1 aromatic carbocycles. The average molecular weight is 487 g/mol. The van der Waals surface area contributed by atoms with Crippen molar-refractivity contribution in [3.63, 3.8) is 0 Å². The number of allylic oxidation sites excluding steroid dienone is 2. The summed E-state index contributed by atoms with van der Waals surface area (Å²) in [6.07, 6.45) is 0.133. The summed E-state index contributed by atoms with van der Waals surface area (Å²) in [6.45, 7) is 0. The van der Waals surface area contributed by atoms with E-state index in [9.17, 15) is 39.6 Å². The zero-order valence-corrected chi connectivity index (χ0v) is 18.2. The van der Waals surface area contributed by atoms with Gasteiger partial charge in [-0.25, -0.2) is 4.39 Å². The van der Waals surface area contributed by atoms with E-state index in [1.807, 2.05) is 0 Å². The van der Waals surface area contributed by atoms with Crippen LogP contribution in [0.2, 0.25) is 0 Å². The lowest BCUT2D eigenvalue weighted by Gasteiger charge is -2.45. The number of hydrogen-bond acceptors (Lipinski definition) is 9. The fourth-order valence-corrected chi connectivity index (χ4v) is 5.35. The number of ketones is 2. The second-order valence-corrected chi connectivity index (χ2v) is 9.63. The van der Waals surface area contributed by atoms with Crippen molar-refractivity contribution in [1.29, 1.82) is 0 Å². The number of fused-ring (bicyclic) bond motifs is 3. The van der Waals surface area contributed by atoms with Gasteiger partial charge in [0.2, 0.25) is 11.7 Å². The van der Waals surface area contributed by atoms with Crippen molar-refractivity contribution in [1.82, 2.24) is 0 Å². The van der Waals surface area contributed by atoms with Crippen molar-refractivity contribution in [2.24, 2.45) is 23.3 Å². The van der Waals surface area contributed by atoms with E-state index < -0.39 is 86.2 Å². The van der Waals surface area contributed by atoms with Crippen LogP contribution in [0.3, 0.4) is 0 Å². The topological polar surface area (TPSA) is 213 Å². The Kier molecular flexibility index (Phi) is 4.68. The molecule has 35 heavy (non-hydrogen) atoms. The minimum atomic E-state index is -2.71. The molecule has 1 fully saturated rings. The Balaban J connectivity index is 1.62. The van der Waals surface area contributed by atoms with E-state index in [0.29, 0.717) is 12.8 Å². The van der Waals surface area contributed by atoms with Gasteiger partial charge in [-0.05, 0) is 31.6 Å². The molecule has 1 unspecified atom stereocenters. The predicted octanol–water partition coefficient (Wildman–Crippen LogP) is 0.149. The van der Waals surface area contributed by atoms with Gasteiger partial charge in [0.1, 0.15) is 22.9 Å². The first-order valence-electron chi connectivity index (χ1n) is 10.9. The Morgan fingerprint density at radius 3 is 2.40 bits per heavy atom. The second-order valence-electron chi connectivity index (χ2n) is 9.63. The molecule has 4 aliphatic carbocycles. The fourth-order valence-electron chi connectivity index (χ4n) is 5.35. The molecule has 9 N–H and O–H groups in total. The van der Waals surface area contributed by atoms with E-state index in [2.05, 4.69) is 5.32 Å². The summed E-state index contributed by atoms with van der Waals surface area (Å²) >= 11 is 0. The normalized spacial score (nSPS) is 28.8. The molecule has 11 nitrogen and oxygen atoms in total. The lowest BCUT2D eigenvalue weighted by Crippen LogP contribution is -2.57. The van der Waals surface area contributed by atoms with Gasteiger partial charge < -0.3 is 37.2 Å². The van der Waals surface area contributed by atoms with Gasteiger partial charge in [0.05, 0.1) is 16.8 Å². The molecule has 12 heteroatoms. The van der Waals surface area contributed by atoms with E-state index in [-0.39, 0.29) is 30.5 Å². The number of phenols is 1. The van der Waals surface area contributed by atoms with Gasteiger partial charge in [0.25, 0.3) is 5.91 Å². The number of carbonyl (C=O) groups is 4. The number of phenolic OH excluding ortho intramolecular Hbond substituents is 1. The molecule has 3 atom stereocenters. The number of primary amides is 1. The molecule has 1 saturated carbocycles. The van der Waals surface area contributed by atoms with Crippen LogP contribution < -0.4 is 16.8 Å². The van der Waals surface area contributed by atoms with Crippen LogP contribution in [0.5, 0.6) is 5.75 Å². The standard InChI is InChI=1S/C23H22FN3O8/c24-10-6-11(27-21(34)22(26)1-2-22)16(29)14-9(10)4-7-3-8-5-12(28)15(20(25)33)19(32)23(8,35)18(31)13(7)17(14)30/h6-8,28-29,31,35H,1-5,26H2,(H2,25,33)(H,27,34)/t7?,8-,23-/m0/s1. The summed E-state index contributed by atoms with van der Waals surface area (Å²) < 4.78 is 15.0. The number of aliphatic hydroxyl groups excluding tert-OH is 2. The number of aliphatic hydroxyl groups is 3. The molecule has 0 saturated heterocycles. The van der Waals surface area contributed by atoms with Crippen LogP contribution in [0.4, 0.5) is 10.1 Å². The third-order valence-electron chi connectivity index (χ3n) is 7.50. The Labute approximate surface area is 196 Å². The Morgan fingerprint density at radius 2 is 1.80 bits per heavy atom. The molecule has 1 aromatic rings. The number of aromatic hydroxyl groups is 1. The predicted molar refractivity (Wildman–Crippen MR) is 116 cm³/mol. The van der Waals surface area contributed by atoms with Crippen molar-refractivity contribution < 1.29 is 44.0 Å². The molecule has 0 radical (unpaired) electrons. The molecular weight excluding hydrogens is 465 g/mol. The summed E-state index contributed by atoms with van der Waals surface area (Å²) in [6, 6.07) is 0.872. The van der Waals surface area contributed by atoms with Crippen LogP contribution in [-0.4, -0.2) is 54.9 Å². The number of rotatable bonds is 3. The minimum absolute atomic E-state index is 0.114. The van der Waals surface area contributed by atoms with Gasteiger partial charge in [0.15, 0.2) is 17.1 Å². The molecule has 5 rings (SSSR count). The molecule has 4 aliphatic rings. The first kappa shape index (κ1) is 23.0. The Morgan fingerprint density at radius 1 is 1.14 bits per heavy atom. The van der Waals surface area contributed by atoms with Crippen LogP contribution in [-0.2, 0) is 20.8 Å². The number of hydrogen-bond donors (Lipinski definition) is 7. The van der Waals surface area contributed by atoms with Crippen molar-refractivity contribution in [3.8, 4) is 5.75 Å². The zero-order chi connectivity index (χ0) is 25.6. The highest BCUT2D eigenvalue weighted by Gasteiger charge is 2.60. The van der Waals surface area contributed by atoms with Gasteiger partial charge in [0, 0.05) is 29.5 Å². The summed E-state index contributed by atoms with van der Waals surface area (Å²) in [5.41, 5.74) is 4.73. The highest BCUT2D eigenvalue weighted by atomic mass is 19.1. The molecule has 0 bridgehead atoms. The summed E-state index contributed by atoms with van der Waals surface area (Å²) in [4.78, 5) is 50.3. The number of Topliss-reactive ketones (excluding diaryl/α,β-unsaturated/α-hetero) is 2. The van der Waals surface area contributed by atoms with Crippen LogP contribution >= 0.6 is 0 Å². The number of anilines is 1. The van der Waals surface area contributed by atoms with Crippen LogP contribution in [0.1, 0.15) is 41.6 Å². The minimum Gasteiger partial charge on any atom is -0.511 e. The van der Waals surface area contributed by atoms with Gasteiger partial charge in [-0.3, -0.25) is 19.2 Å². The zero-order valence-electron chi connectivity index (χ0n) is 18.2. The molecule has 2 amide bonds. The third kappa shape index (κ3) is 3.03. The first-order valence-corrected chi connectivity index (χ1v) is 10.9. The second kappa shape index (κ2) is 7.12. The molecule has 0 aromatic heterocycles. The lowest BCUT2D eigenvalue weighted by molar-refractivity contribution is -0.144. The fraction of sp³-hybridized carbons (Fsp3) is 0.391. The quantitative estimate of drug-likeness (QED) is 0.228. The van der Waals surface area contributed by atoms with E-state index in [0.717, 1.165) is 6.07 Å². The van der Waals surface area contributed by atoms with E-state index in [1.54, 1.807) is 0 Å². The van der Waals surface area contributed by atoms with Gasteiger partial charge >= 0.3 is 0 Å². The number of nitrogens with two attached hydrogens (primary N) is 2. The van der Waals surface area contributed by atoms with Gasteiger partial charge in [-0.2, -0.15) is 0 Å². The number of amides is 2. The smallest absolute Gasteiger partial charge is 0.255 e. The maximum Gasteiger partial charge on any atom is 0.255 e. The number of benzene rings is 1. The Bertz CT molecular complexity index is 1330. The van der Waals surface area contributed by atoms with Crippen molar-refractivity contribution in [2.45, 2.75) is 43.2 Å². The van der Waals surface area contributed by atoms with Crippen LogP contribution in [0.25, 0.3) is 0 Å². The number of nitrogens with one attached hydrogen (secondary N) is 1. The summed E-state index contributed by atoms with van der Waals surface area (Å²) in [5, 5.41) is 45.4. The maximum absolute atomic E-state index is 15.0. The highest BCUT2D eigenvalue weighted by molar-refractivity contribution is 6.24. The largest absolute Gasteiger partial charge is 0.511 e. The van der Waals surface area contributed by atoms with Crippen molar-refractivity contribution >= 4 is 29.1 Å². The van der Waals surface area contributed by atoms with Gasteiger partial charge in [-0.1, -0.05) is 0 Å². The van der Waals surface area contributed by atoms with Gasteiger partial charge in [-0.15, -0.1) is 0 Å². The monoisotopic (exact) mass is 487 g/mol. The maximum atomic E-state index is 15.0. The average Bonchev–Trinajstić information content (AvgIpc) is 3.52. The Hall–Kier alpha value is -3.77. The summed E-state index contributed by atoms with van der Waals surface area (Å²) in [5.74, 6) is -9.67. The molecular formula is C23H22FN3O8. The van der Waals surface area contributed by atoms with Crippen molar-refractivity contribution in [3.05, 3.63) is 45.7 Å². The number of carbonyl (C=O) groups excluding carboxylic acids is 4. The van der Waals surface area contributed by atoms with E-state index >= 15 is 4.39 Å². The first-order chi connectivity index (χ1) is 16.3. The van der Waals surface area contributed by atoms with E-state index in [1.165, 1.54) is 0 Å². The lowest BCUT2D eigenvalue weighted by atomic mass is 9.60. The van der Waals surface area contributed by atoms with Crippen LogP contribution in [0, 0.1) is 17.7 Å². The SMILES string of the molecule is NC(=O)C1=C(O)C[C@@H]2CC3Cc4c(F)cc(NC(=O)C5(N)CC5)c(O)c4C(=O)C3=C(O)[C@]2(O)C1=O. The van der Waals surface area contributed by atoms with Crippen LogP contribution in [0.15, 0.2) is 28.7 Å². The highest BCUT2D eigenvalue weighted by Crippen LogP contribution is 2.52. The molecule has 184 valence electrons. The molecule has 0 heterocycles. The van der Waals surface area contributed by atoms with Crippen molar-refractivity contribution in [2.75, 3.05) is 5.32 Å². The summed E-state index contributed by atoms with van der Waals surface area (Å²) in [7, 11) is 0. The molecule has 0 spiro atoms.